The largest absolute Gasteiger partial charge is 0.461 e. The highest BCUT2D eigenvalue weighted by atomic mass is 28.4. The molecule has 1 saturated heterocycles. The summed E-state index contributed by atoms with van der Waals surface area (Å²) in [4.78, 5) is 0. The van der Waals surface area contributed by atoms with Crippen molar-refractivity contribution in [2.45, 2.75) is 18.8 Å². The van der Waals surface area contributed by atoms with E-state index in [2.05, 4.69) is 13.1 Å². The lowest BCUT2D eigenvalue weighted by molar-refractivity contribution is 0.558. The molecule has 36 valence electrons. The Kier molecular flexibility index (Phi) is 1.12. The van der Waals surface area contributed by atoms with E-state index in [1.165, 1.54) is 5.67 Å². The van der Waals surface area contributed by atoms with Crippen molar-refractivity contribution in [2.24, 2.45) is 0 Å². The molecule has 0 spiro atoms. The van der Waals surface area contributed by atoms with Gasteiger partial charge in [0.25, 0.3) is 0 Å². The molecule has 1 nitrogen and oxygen atoms in total. The molecule has 1 aliphatic rings. The molecule has 3 heteroatoms. The molecule has 0 saturated carbocycles. The van der Waals surface area contributed by atoms with Crippen LogP contribution in [0.3, 0.4) is 0 Å². The normalized spacial score (nSPS) is 45.0. The Balaban J connectivity index is 2.11. The van der Waals surface area contributed by atoms with Crippen molar-refractivity contribution in [1.29, 1.82) is 0 Å². The van der Waals surface area contributed by atoms with Gasteiger partial charge in [0.15, 0.2) is 18.1 Å². The van der Waals surface area contributed by atoms with Crippen molar-refractivity contribution >= 4 is 18.1 Å². The van der Waals surface area contributed by atoms with Crippen LogP contribution in [0.4, 0.5) is 0 Å². The molecule has 0 aromatic carbocycles. The van der Waals surface area contributed by atoms with Crippen LogP contribution in [0.25, 0.3) is 0 Å². The van der Waals surface area contributed by atoms with E-state index < -0.39 is 18.1 Å². The molecule has 0 bridgehead atoms. The molecular formula is C3H10OSi2. The van der Waals surface area contributed by atoms with E-state index in [-0.39, 0.29) is 0 Å². The summed E-state index contributed by atoms with van der Waals surface area (Å²) >= 11 is 0. The minimum atomic E-state index is -0.465. The van der Waals surface area contributed by atoms with E-state index in [1.807, 2.05) is 0 Å². The topological polar surface area (TPSA) is 9.23 Å². The average molecular weight is 118 g/mol. The first kappa shape index (κ1) is 4.55. The quantitative estimate of drug-likeness (QED) is 0.415. The van der Waals surface area contributed by atoms with Crippen LogP contribution < -0.4 is 0 Å². The fraction of sp³-hybridized carbons (Fsp3) is 1.00. The zero-order chi connectivity index (χ0) is 4.57. The predicted octanol–water partition coefficient (Wildman–Crippen LogP) is 0.263. The Morgan fingerprint density at radius 1 is 1.33 bits per heavy atom. The van der Waals surface area contributed by atoms with Crippen LogP contribution in [0, 0.1) is 0 Å². The van der Waals surface area contributed by atoms with Crippen LogP contribution >= 0.6 is 0 Å². The van der Waals surface area contributed by atoms with E-state index in [9.17, 15) is 0 Å². The maximum Gasteiger partial charge on any atom is 0.159 e. The standard InChI is InChI=1S/C3H10OSi2/c1-5-3-6(2)4-5/h5-6H,3H2,1-2H3. The van der Waals surface area contributed by atoms with Gasteiger partial charge in [0.2, 0.25) is 0 Å². The van der Waals surface area contributed by atoms with Gasteiger partial charge >= 0.3 is 0 Å². The average Bonchev–Trinajstić information content (AvgIpc) is 1.33. The van der Waals surface area contributed by atoms with E-state index in [0.717, 1.165) is 0 Å². The molecule has 0 N–H and O–H groups in total. The zero-order valence-electron chi connectivity index (χ0n) is 4.27. The van der Waals surface area contributed by atoms with Crippen molar-refractivity contribution in [3.05, 3.63) is 0 Å². The summed E-state index contributed by atoms with van der Waals surface area (Å²) in [5, 5.41) is 0. The lowest BCUT2D eigenvalue weighted by Gasteiger charge is -2.28. The number of rotatable bonds is 0. The lowest BCUT2D eigenvalue weighted by atomic mass is 11.8. The summed E-state index contributed by atoms with van der Waals surface area (Å²) < 4.78 is 5.42. The fourth-order valence-corrected chi connectivity index (χ4v) is 7.68. The minimum Gasteiger partial charge on any atom is -0.461 e. The van der Waals surface area contributed by atoms with E-state index >= 15 is 0 Å². The van der Waals surface area contributed by atoms with Gasteiger partial charge in [-0.3, -0.25) is 0 Å². The first-order valence-corrected chi connectivity index (χ1v) is 7.33. The van der Waals surface area contributed by atoms with Gasteiger partial charge in [-0.15, -0.1) is 0 Å². The molecular weight excluding hydrogens is 108 g/mol. The van der Waals surface area contributed by atoms with Crippen molar-refractivity contribution in [2.75, 3.05) is 0 Å². The molecule has 2 atom stereocenters. The van der Waals surface area contributed by atoms with Crippen molar-refractivity contribution in [3.63, 3.8) is 0 Å². The van der Waals surface area contributed by atoms with Crippen LogP contribution in [-0.2, 0) is 4.12 Å². The summed E-state index contributed by atoms with van der Waals surface area (Å²) in [6, 6.07) is 0. The second-order valence-electron chi connectivity index (χ2n) is 1.99. The highest BCUT2D eigenvalue weighted by Gasteiger charge is 2.23. The maximum atomic E-state index is 5.42. The van der Waals surface area contributed by atoms with E-state index in [1.54, 1.807) is 0 Å². The Labute approximate surface area is 41.8 Å². The smallest absolute Gasteiger partial charge is 0.159 e. The molecule has 1 aliphatic heterocycles. The summed E-state index contributed by atoms with van der Waals surface area (Å²) in [5.74, 6) is 0. The van der Waals surface area contributed by atoms with Gasteiger partial charge in [-0.25, -0.2) is 0 Å². The van der Waals surface area contributed by atoms with Gasteiger partial charge in [-0.2, -0.15) is 0 Å². The summed E-state index contributed by atoms with van der Waals surface area (Å²) in [7, 11) is -0.931. The van der Waals surface area contributed by atoms with Crippen LogP contribution in [0.1, 0.15) is 0 Å². The molecule has 2 unspecified atom stereocenters. The van der Waals surface area contributed by atoms with E-state index in [0.29, 0.717) is 0 Å². The molecule has 1 fully saturated rings. The maximum absolute atomic E-state index is 5.42. The Morgan fingerprint density at radius 3 is 1.67 bits per heavy atom. The first-order chi connectivity index (χ1) is 2.79. The van der Waals surface area contributed by atoms with Crippen LogP contribution in [0.5, 0.6) is 0 Å². The molecule has 1 rings (SSSR count). The SMILES string of the molecule is C[SiH]1C[SiH](C)O1. The third kappa shape index (κ3) is 0.718. The van der Waals surface area contributed by atoms with E-state index in [4.69, 9.17) is 4.12 Å². The van der Waals surface area contributed by atoms with Crippen LogP contribution in [0.15, 0.2) is 0 Å². The molecule has 0 amide bonds. The zero-order valence-corrected chi connectivity index (χ0v) is 6.58. The fourth-order valence-electron chi connectivity index (χ4n) is 0.853. The van der Waals surface area contributed by atoms with Gasteiger partial charge in [0.05, 0.1) is 0 Å². The summed E-state index contributed by atoms with van der Waals surface area (Å²) in [5.41, 5.74) is 1.53. The number of hydrogen-bond acceptors (Lipinski definition) is 1. The molecule has 1 heterocycles. The molecule has 0 aliphatic carbocycles. The van der Waals surface area contributed by atoms with Gasteiger partial charge in [0.1, 0.15) is 0 Å². The van der Waals surface area contributed by atoms with Crippen molar-refractivity contribution < 1.29 is 4.12 Å². The Morgan fingerprint density at radius 2 is 1.67 bits per heavy atom. The second kappa shape index (κ2) is 1.48. The molecule has 0 aromatic heterocycles. The van der Waals surface area contributed by atoms with Gasteiger partial charge in [-0.05, 0) is 18.8 Å². The molecule has 0 aromatic rings. The highest BCUT2D eigenvalue weighted by molar-refractivity contribution is 6.83. The lowest BCUT2D eigenvalue weighted by Crippen LogP contribution is -2.39. The second-order valence-corrected chi connectivity index (χ2v) is 8.21. The highest BCUT2D eigenvalue weighted by Crippen LogP contribution is 2.12. The van der Waals surface area contributed by atoms with Gasteiger partial charge < -0.3 is 4.12 Å². The predicted molar refractivity (Wildman–Crippen MR) is 31.9 cm³/mol. The van der Waals surface area contributed by atoms with Crippen LogP contribution in [0.2, 0.25) is 18.8 Å². The van der Waals surface area contributed by atoms with Crippen molar-refractivity contribution in [1.82, 2.24) is 0 Å². The Hall–Kier alpha value is 0.394. The molecule has 0 radical (unpaired) electrons. The Bertz CT molecular complexity index is 44.8. The summed E-state index contributed by atoms with van der Waals surface area (Å²) in [6.45, 7) is 4.54. The first-order valence-electron chi connectivity index (χ1n) is 2.44. The number of hydrogen-bond donors (Lipinski definition) is 0. The van der Waals surface area contributed by atoms with Crippen molar-refractivity contribution in [3.8, 4) is 0 Å². The molecule has 6 heavy (non-hydrogen) atoms. The third-order valence-corrected chi connectivity index (χ3v) is 10.2. The summed E-state index contributed by atoms with van der Waals surface area (Å²) in [6.07, 6.45) is 0. The monoisotopic (exact) mass is 118 g/mol. The van der Waals surface area contributed by atoms with Gasteiger partial charge in [-0.1, -0.05) is 0 Å². The van der Waals surface area contributed by atoms with Gasteiger partial charge in [0, 0.05) is 0 Å². The third-order valence-electron chi connectivity index (χ3n) is 1.13. The minimum absolute atomic E-state index is 0.465. The van der Waals surface area contributed by atoms with Crippen LogP contribution in [-0.4, -0.2) is 18.1 Å².